The van der Waals surface area contributed by atoms with Crippen LogP contribution in [-0.4, -0.2) is 50.2 Å². The van der Waals surface area contributed by atoms with Crippen molar-refractivity contribution in [3.8, 4) is 11.4 Å². The number of carbonyl (C=O) groups is 2. The smallest absolute Gasteiger partial charge is 0.328 e. The van der Waals surface area contributed by atoms with Crippen molar-refractivity contribution in [2.75, 3.05) is 7.11 Å². The maximum absolute atomic E-state index is 12.6. The first-order valence-electron chi connectivity index (χ1n) is 9.80. The van der Waals surface area contributed by atoms with Gasteiger partial charge in [0.25, 0.3) is 0 Å². The Morgan fingerprint density at radius 1 is 1.16 bits per heavy atom. The highest BCUT2D eigenvalue weighted by Crippen LogP contribution is 2.19. The number of amides is 1. The molecule has 1 amide bonds. The molecule has 0 radical (unpaired) electrons. The molecule has 0 aliphatic rings. The van der Waals surface area contributed by atoms with E-state index in [0.29, 0.717) is 12.2 Å². The third-order valence-corrected chi connectivity index (χ3v) is 4.97. The minimum Gasteiger partial charge on any atom is -0.467 e. The van der Waals surface area contributed by atoms with E-state index in [4.69, 9.17) is 4.74 Å². The summed E-state index contributed by atoms with van der Waals surface area (Å²) in [5.74, 6) is -0.510. The van der Waals surface area contributed by atoms with Crippen LogP contribution in [0.2, 0.25) is 0 Å². The third kappa shape index (κ3) is 4.61. The molecule has 0 spiro atoms. The van der Waals surface area contributed by atoms with Gasteiger partial charge in [-0.15, -0.1) is 10.2 Å². The van der Waals surface area contributed by atoms with Gasteiger partial charge in [-0.25, -0.2) is 4.79 Å². The van der Waals surface area contributed by atoms with Crippen LogP contribution < -0.4 is 5.32 Å². The first kappa shape index (κ1) is 20.3. The fourth-order valence-electron chi connectivity index (χ4n) is 3.35. The van der Waals surface area contributed by atoms with E-state index < -0.39 is 17.9 Å². The number of tetrazole rings is 1. The molecule has 9 nitrogen and oxygen atoms in total. The zero-order valence-corrected chi connectivity index (χ0v) is 17.2. The van der Waals surface area contributed by atoms with Crippen molar-refractivity contribution in [3.63, 3.8) is 0 Å². The van der Waals surface area contributed by atoms with Crippen LogP contribution in [0.25, 0.3) is 22.3 Å². The average molecular weight is 418 g/mol. The van der Waals surface area contributed by atoms with Gasteiger partial charge in [-0.3, -0.25) is 4.79 Å². The number of ether oxygens (including phenoxy) is 1. The van der Waals surface area contributed by atoms with Crippen LogP contribution in [0.1, 0.15) is 11.1 Å². The summed E-state index contributed by atoms with van der Waals surface area (Å²) in [7, 11) is 1.30. The van der Waals surface area contributed by atoms with Crippen molar-refractivity contribution >= 4 is 22.8 Å². The second-order valence-electron chi connectivity index (χ2n) is 7.22. The Hall–Kier alpha value is -4.01. The highest BCUT2D eigenvalue weighted by molar-refractivity contribution is 5.87. The van der Waals surface area contributed by atoms with E-state index in [1.807, 2.05) is 61.7 Å². The van der Waals surface area contributed by atoms with E-state index in [0.717, 1.165) is 27.6 Å². The lowest BCUT2D eigenvalue weighted by molar-refractivity contribution is -0.145. The quantitative estimate of drug-likeness (QED) is 0.444. The number of aromatic amines is 1. The Bertz CT molecular complexity index is 1210. The van der Waals surface area contributed by atoms with Gasteiger partial charge >= 0.3 is 5.97 Å². The SMILES string of the molecule is COC(=O)[C@H](Cc1c[nH]c2ccccc12)NC(=O)Cn1nnc(-c2ccc(C)cc2)n1. The van der Waals surface area contributed by atoms with Gasteiger partial charge in [0.05, 0.1) is 7.11 Å². The van der Waals surface area contributed by atoms with Gasteiger partial charge in [-0.1, -0.05) is 48.0 Å². The molecule has 2 aromatic heterocycles. The van der Waals surface area contributed by atoms with Crippen LogP contribution in [0.3, 0.4) is 0 Å². The van der Waals surface area contributed by atoms with Gasteiger partial charge < -0.3 is 15.0 Å². The molecule has 2 N–H and O–H groups in total. The number of nitrogens with zero attached hydrogens (tertiary/aromatic N) is 4. The molecule has 0 aliphatic carbocycles. The summed E-state index contributed by atoms with van der Waals surface area (Å²) in [5.41, 5.74) is 3.80. The van der Waals surface area contributed by atoms with Crippen LogP contribution in [-0.2, 0) is 27.3 Å². The monoisotopic (exact) mass is 418 g/mol. The molecule has 158 valence electrons. The fourth-order valence-corrected chi connectivity index (χ4v) is 3.35. The lowest BCUT2D eigenvalue weighted by Gasteiger charge is -2.16. The van der Waals surface area contributed by atoms with Crippen LogP contribution >= 0.6 is 0 Å². The Labute approximate surface area is 178 Å². The van der Waals surface area contributed by atoms with Crippen molar-refractivity contribution in [2.24, 2.45) is 0 Å². The van der Waals surface area contributed by atoms with Gasteiger partial charge in [0, 0.05) is 29.1 Å². The number of methoxy groups -OCH3 is 1. The number of aryl methyl sites for hydroxylation is 1. The maximum Gasteiger partial charge on any atom is 0.328 e. The number of fused-ring (bicyclic) bond motifs is 1. The molecule has 0 saturated carbocycles. The van der Waals surface area contributed by atoms with Gasteiger partial charge in [-0.2, -0.15) is 4.80 Å². The molecule has 0 unspecified atom stereocenters. The van der Waals surface area contributed by atoms with Gasteiger partial charge in [0.2, 0.25) is 11.7 Å². The average Bonchev–Trinajstić information content (AvgIpc) is 3.40. The molecule has 2 aromatic carbocycles. The molecule has 0 aliphatic heterocycles. The highest BCUT2D eigenvalue weighted by Gasteiger charge is 2.24. The molecule has 0 bridgehead atoms. The van der Waals surface area contributed by atoms with E-state index in [1.165, 1.54) is 11.9 Å². The highest BCUT2D eigenvalue weighted by atomic mass is 16.5. The molecule has 0 fully saturated rings. The van der Waals surface area contributed by atoms with Crippen molar-refractivity contribution < 1.29 is 14.3 Å². The number of nitrogens with one attached hydrogen (secondary N) is 2. The lowest BCUT2D eigenvalue weighted by Crippen LogP contribution is -2.44. The maximum atomic E-state index is 12.6. The molecular formula is C22H22N6O3. The standard InChI is InChI=1S/C22H22N6O3/c1-14-7-9-15(10-8-14)21-25-27-28(26-21)13-20(29)24-19(22(30)31-2)11-16-12-23-18-6-4-3-5-17(16)18/h3-10,12,19,23H,11,13H2,1-2H3,(H,24,29)/t19-/m0/s1. The summed E-state index contributed by atoms with van der Waals surface area (Å²) < 4.78 is 4.88. The van der Waals surface area contributed by atoms with E-state index in [9.17, 15) is 9.59 Å². The summed E-state index contributed by atoms with van der Waals surface area (Å²) in [6.45, 7) is 1.83. The zero-order chi connectivity index (χ0) is 21.8. The van der Waals surface area contributed by atoms with Gasteiger partial charge in [0.1, 0.15) is 12.6 Å². The fraction of sp³-hybridized carbons (Fsp3) is 0.227. The summed E-state index contributed by atoms with van der Waals surface area (Å²) in [6, 6.07) is 14.6. The van der Waals surface area contributed by atoms with E-state index in [1.54, 1.807) is 0 Å². The number of esters is 1. The number of hydrogen-bond donors (Lipinski definition) is 2. The molecule has 9 heteroatoms. The second-order valence-corrected chi connectivity index (χ2v) is 7.22. The Morgan fingerprint density at radius 2 is 1.94 bits per heavy atom. The van der Waals surface area contributed by atoms with Crippen LogP contribution in [0.4, 0.5) is 0 Å². The number of carbonyl (C=O) groups excluding carboxylic acids is 2. The number of benzene rings is 2. The largest absolute Gasteiger partial charge is 0.467 e. The predicted molar refractivity (Wildman–Crippen MR) is 114 cm³/mol. The zero-order valence-electron chi connectivity index (χ0n) is 17.2. The van der Waals surface area contributed by atoms with Gasteiger partial charge in [-0.05, 0) is 23.8 Å². The number of H-pyrrole nitrogens is 1. The predicted octanol–water partition coefficient (Wildman–Crippen LogP) is 2.03. The summed E-state index contributed by atoms with van der Waals surface area (Å²) in [6.07, 6.45) is 2.13. The Morgan fingerprint density at radius 3 is 2.71 bits per heavy atom. The van der Waals surface area contributed by atoms with E-state index in [2.05, 4.69) is 25.7 Å². The molecule has 2 heterocycles. The topological polar surface area (TPSA) is 115 Å². The Kier molecular flexibility index (Phi) is 5.74. The van der Waals surface area contributed by atoms with Crippen LogP contribution in [0, 0.1) is 6.92 Å². The van der Waals surface area contributed by atoms with E-state index in [-0.39, 0.29) is 6.54 Å². The van der Waals surface area contributed by atoms with Crippen molar-refractivity contribution in [1.82, 2.24) is 30.5 Å². The molecule has 0 saturated heterocycles. The summed E-state index contributed by atoms with van der Waals surface area (Å²) in [4.78, 5) is 29.2. The van der Waals surface area contributed by atoms with Crippen molar-refractivity contribution in [1.29, 1.82) is 0 Å². The van der Waals surface area contributed by atoms with Crippen LogP contribution in [0.15, 0.2) is 54.7 Å². The lowest BCUT2D eigenvalue weighted by atomic mass is 10.0. The normalized spacial score (nSPS) is 11.9. The minimum atomic E-state index is -0.836. The molecule has 31 heavy (non-hydrogen) atoms. The summed E-state index contributed by atoms with van der Waals surface area (Å²) >= 11 is 0. The van der Waals surface area contributed by atoms with Crippen molar-refractivity contribution in [3.05, 3.63) is 65.9 Å². The second kappa shape index (κ2) is 8.78. The Balaban J connectivity index is 1.44. The van der Waals surface area contributed by atoms with Crippen molar-refractivity contribution in [2.45, 2.75) is 25.9 Å². The molecular weight excluding hydrogens is 396 g/mol. The van der Waals surface area contributed by atoms with E-state index >= 15 is 0 Å². The number of aromatic nitrogens is 5. The molecule has 4 aromatic rings. The molecule has 4 rings (SSSR count). The third-order valence-electron chi connectivity index (χ3n) is 4.97. The number of para-hydroxylation sites is 1. The van der Waals surface area contributed by atoms with Gasteiger partial charge in [0.15, 0.2) is 0 Å². The summed E-state index contributed by atoms with van der Waals surface area (Å²) in [5, 5.41) is 15.9. The first-order valence-corrected chi connectivity index (χ1v) is 9.80. The number of hydrogen-bond acceptors (Lipinski definition) is 6. The van der Waals surface area contributed by atoms with Crippen LogP contribution in [0.5, 0.6) is 0 Å². The molecule has 1 atom stereocenters. The number of rotatable bonds is 7. The minimum absolute atomic E-state index is 0.166. The first-order chi connectivity index (χ1) is 15.0.